The van der Waals surface area contributed by atoms with Gasteiger partial charge in [-0.15, -0.1) is 0 Å². The molecule has 12 atom stereocenters. The molecule has 21 heteroatoms. The lowest BCUT2D eigenvalue weighted by atomic mass is 9.80. The third kappa shape index (κ3) is 19.1. The van der Waals surface area contributed by atoms with E-state index in [9.17, 15) is 24.3 Å². The van der Waals surface area contributed by atoms with Crippen LogP contribution in [-0.4, -0.2) is 159 Å². The molecule has 500 valence electrons. The first-order chi connectivity index (χ1) is 44.3. The van der Waals surface area contributed by atoms with Crippen molar-refractivity contribution in [1.82, 2.24) is 0 Å². The lowest BCUT2D eigenvalue weighted by Crippen LogP contribution is -2.41. The van der Waals surface area contributed by atoms with Crippen molar-refractivity contribution in [2.24, 2.45) is 0 Å². The van der Waals surface area contributed by atoms with E-state index in [0.29, 0.717) is 6.61 Å². The molecule has 2 N–H and O–H groups in total. The number of ether oxygens (including phenoxy) is 14. The number of carbonyl (C=O) groups is 5. The predicted molar refractivity (Wildman–Crippen MR) is 338 cm³/mol. The minimum atomic E-state index is -1.10. The summed E-state index contributed by atoms with van der Waals surface area (Å²) in [5, 5.41) is 18.3. The van der Waals surface area contributed by atoms with Gasteiger partial charge in [-0.25, -0.2) is 0 Å². The Hall–Kier alpha value is -7.61. The van der Waals surface area contributed by atoms with Crippen molar-refractivity contribution >= 4 is 29.7 Å². The number of methoxy groups -OCH3 is 2. The molecule has 5 fully saturated rings. The van der Waals surface area contributed by atoms with Crippen LogP contribution in [0.3, 0.4) is 0 Å². The number of carbonyl (C=O) groups excluding carboxylic acids is 4. The largest absolute Gasteiger partial charge is 0.481 e. The highest BCUT2D eigenvalue weighted by Gasteiger charge is 2.57. The number of esters is 3. The molecule has 93 heavy (non-hydrogen) atoms. The summed E-state index contributed by atoms with van der Waals surface area (Å²) < 4.78 is 80.8. The average Bonchev–Trinajstić information content (AvgIpc) is 1.35. The van der Waals surface area contributed by atoms with Crippen LogP contribution < -0.4 is 0 Å². The number of Topliss-reactive ketones (excluding diaryl/α,β-unsaturated/α-hetero) is 1. The van der Waals surface area contributed by atoms with Gasteiger partial charge < -0.3 is 81.3 Å². The van der Waals surface area contributed by atoms with Crippen molar-refractivity contribution < 1.29 is 101 Å². The van der Waals surface area contributed by atoms with E-state index in [4.69, 9.17) is 76.2 Å². The van der Waals surface area contributed by atoms with Crippen molar-refractivity contribution in [2.75, 3.05) is 34.0 Å². The van der Waals surface area contributed by atoms with Gasteiger partial charge in [0.1, 0.15) is 72.4 Å². The molecule has 0 bridgehead atoms. The third-order valence-corrected chi connectivity index (χ3v) is 15.1. The predicted octanol–water partition coefficient (Wildman–Crippen LogP) is 9.59. The van der Waals surface area contributed by atoms with Gasteiger partial charge in [0.25, 0.3) is 5.97 Å². The highest BCUT2D eigenvalue weighted by atomic mass is 16.9. The first kappa shape index (κ1) is 72.8. The van der Waals surface area contributed by atoms with Crippen molar-refractivity contribution in [3.05, 3.63) is 215 Å². The normalized spacial score (nSPS) is 25.3. The van der Waals surface area contributed by atoms with Gasteiger partial charge >= 0.3 is 17.9 Å². The number of hydrogen-bond donors (Lipinski definition) is 2. The van der Waals surface area contributed by atoms with E-state index < -0.39 is 102 Å². The summed E-state index contributed by atoms with van der Waals surface area (Å²) in [5.74, 6) is -3.77. The molecule has 5 heterocycles. The highest BCUT2D eigenvalue weighted by Crippen LogP contribution is 2.45. The van der Waals surface area contributed by atoms with Gasteiger partial charge in [0.2, 0.25) is 6.29 Å². The Morgan fingerprint density at radius 3 is 1.05 bits per heavy atom. The first-order valence-corrected chi connectivity index (χ1v) is 30.5. The van der Waals surface area contributed by atoms with Gasteiger partial charge in [-0.05, 0) is 74.9 Å². The van der Waals surface area contributed by atoms with Crippen LogP contribution in [0.2, 0.25) is 0 Å². The second kappa shape index (κ2) is 33.5. The minimum Gasteiger partial charge on any atom is -0.481 e. The Morgan fingerprint density at radius 2 is 0.731 bits per heavy atom. The van der Waals surface area contributed by atoms with E-state index in [2.05, 4.69) is 72.8 Å². The smallest absolute Gasteiger partial charge is 0.305 e. The van der Waals surface area contributed by atoms with E-state index >= 15 is 0 Å². The third-order valence-electron chi connectivity index (χ3n) is 15.1. The fourth-order valence-corrected chi connectivity index (χ4v) is 11.5. The summed E-state index contributed by atoms with van der Waals surface area (Å²) in [6.45, 7) is 15.6. The maximum absolute atomic E-state index is 11.1. The number of aliphatic hydroxyl groups is 1. The molecule has 5 aliphatic heterocycles. The molecular formula is C72H86O21. The van der Waals surface area contributed by atoms with Crippen LogP contribution in [0.5, 0.6) is 0 Å². The SMILES string of the molecule is CC(=O)O.CC(C)=O.CC1(C)O[C@H]2O[C@H](COC(c3ccccc3)(c3ccccc3)c3ccccc3)[C@H](O)[C@H]2O1.CO[C@@H]1[C@H]2OC(C)(C)O[C@H]2O[C@@H]1COC(c1ccccc1)(c1ccccc1)c1ccccc1.CO[C@H]1[C@@H](COC(C)=O)OC(OC(C)=O)[C@@H]1OC(C)=O. The van der Waals surface area contributed by atoms with Gasteiger partial charge in [-0.2, -0.15) is 0 Å². The fraction of sp³-hybridized carbons (Fsp3) is 0.431. The maximum Gasteiger partial charge on any atom is 0.305 e. The lowest BCUT2D eigenvalue weighted by molar-refractivity contribution is -0.225. The molecule has 0 amide bonds. The molecule has 0 saturated carbocycles. The zero-order chi connectivity index (χ0) is 67.5. The number of hydrogen-bond acceptors (Lipinski definition) is 20. The number of aliphatic carboxylic acids is 1. The van der Waals surface area contributed by atoms with Gasteiger partial charge in [0.05, 0.1) is 13.2 Å². The Kier molecular flexibility index (Phi) is 26.2. The molecule has 0 aromatic heterocycles. The van der Waals surface area contributed by atoms with Crippen LogP contribution in [-0.2, 0) is 101 Å². The Morgan fingerprint density at radius 1 is 0.419 bits per heavy atom. The van der Waals surface area contributed by atoms with E-state index in [1.54, 1.807) is 7.11 Å². The van der Waals surface area contributed by atoms with Crippen LogP contribution >= 0.6 is 0 Å². The van der Waals surface area contributed by atoms with E-state index in [-0.39, 0.29) is 37.3 Å². The molecule has 1 unspecified atom stereocenters. The molecule has 21 nitrogen and oxygen atoms in total. The summed E-state index contributed by atoms with van der Waals surface area (Å²) in [6.07, 6.45) is -7.36. The number of benzene rings is 6. The van der Waals surface area contributed by atoms with E-state index in [0.717, 1.165) is 40.3 Å². The van der Waals surface area contributed by atoms with Crippen LogP contribution in [0.4, 0.5) is 0 Å². The van der Waals surface area contributed by atoms with Gasteiger partial charge in [-0.1, -0.05) is 182 Å². The van der Waals surface area contributed by atoms with Gasteiger partial charge in [0.15, 0.2) is 30.3 Å². The minimum absolute atomic E-state index is 0.0939. The topological polar surface area (TPSA) is 255 Å². The molecule has 6 aromatic carbocycles. The Balaban J connectivity index is 0.000000192. The summed E-state index contributed by atoms with van der Waals surface area (Å²) in [5.41, 5.74) is 4.45. The van der Waals surface area contributed by atoms with Crippen molar-refractivity contribution in [1.29, 1.82) is 0 Å². The summed E-state index contributed by atoms with van der Waals surface area (Å²) in [6, 6.07) is 61.3. The molecular weight excluding hydrogens is 1200 g/mol. The van der Waals surface area contributed by atoms with Crippen molar-refractivity contribution in [3.8, 4) is 0 Å². The van der Waals surface area contributed by atoms with Crippen LogP contribution in [0, 0.1) is 0 Å². The van der Waals surface area contributed by atoms with Crippen molar-refractivity contribution in [3.63, 3.8) is 0 Å². The summed E-state index contributed by atoms with van der Waals surface area (Å²) in [7, 11) is 3.07. The number of rotatable bonds is 18. The Bertz CT molecular complexity index is 3070. The molecule has 5 saturated heterocycles. The maximum atomic E-state index is 11.1. The standard InChI is InChI=1S/C28H30O5.C27H28O5.C12H18O8.C3H6O.C2H4O2/c1-27(2)32-25-24(29-3)23(31-26(25)33-27)19-30-28(20-13-7-4-8-14-20,21-15-9-5-10-16-21)22-17-11-6-12-18-22;1-26(2)31-24-23(28)22(30-25(24)32-26)18-29-27(19-12-6-3-7-13-19,20-14-8-4-9-15-20)21-16-10-5-11-17-21;1-6(13)17-5-9-10(16-4)11(18-7(2)14)12(20-9)19-8(3)15;1-3(2)4;1-2(3)4/h4-18,23-26H,19H2,1-3H3;3-17,22-25,28H,18H2,1-2H3;9-12H,5H2,1-4H3;1-2H3;1H3,(H,3,4)/t23-,24+,25-,26-;22-,23+,24-,25-;9-,10+,11-,12?;;/m111../s1. The monoisotopic (exact) mass is 1290 g/mol. The van der Waals surface area contributed by atoms with E-state index in [1.165, 1.54) is 41.7 Å². The molecule has 5 aliphatic rings. The zero-order valence-corrected chi connectivity index (χ0v) is 54.5. The molecule has 11 rings (SSSR count). The molecule has 0 aliphatic carbocycles. The zero-order valence-electron chi connectivity index (χ0n) is 54.5. The molecule has 0 radical (unpaired) electrons. The van der Waals surface area contributed by atoms with Crippen LogP contribution in [0.1, 0.15) is 103 Å². The first-order valence-electron chi connectivity index (χ1n) is 30.5. The number of carboxylic acids is 1. The molecule has 6 aromatic rings. The number of carboxylic acid groups (broad SMARTS) is 1. The quantitative estimate of drug-likeness (QED) is 0.0461. The number of fused-ring (bicyclic) bond motifs is 2. The highest BCUT2D eigenvalue weighted by molar-refractivity contribution is 5.72. The van der Waals surface area contributed by atoms with Gasteiger partial charge in [-0.3, -0.25) is 19.2 Å². The fourth-order valence-electron chi connectivity index (χ4n) is 11.5. The van der Waals surface area contributed by atoms with Gasteiger partial charge in [0, 0.05) is 41.9 Å². The molecule has 0 spiro atoms. The Labute approximate surface area is 543 Å². The van der Waals surface area contributed by atoms with Crippen LogP contribution in [0.25, 0.3) is 0 Å². The second-order valence-corrected chi connectivity index (χ2v) is 23.3. The number of ketones is 1. The lowest BCUT2D eigenvalue weighted by Gasteiger charge is -2.37. The summed E-state index contributed by atoms with van der Waals surface area (Å²) in [4.78, 5) is 51.4. The second-order valence-electron chi connectivity index (χ2n) is 23.3. The van der Waals surface area contributed by atoms with Crippen LogP contribution in [0.15, 0.2) is 182 Å². The number of aliphatic hydroxyl groups excluding tert-OH is 1. The average molecular weight is 1290 g/mol. The van der Waals surface area contributed by atoms with E-state index in [1.807, 2.05) is 137 Å². The summed E-state index contributed by atoms with van der Waals surface area (Å²) >= 11 is 0. The van der Waals surface area contributed by atoms with Crippen molar-refractivity contribution in [2.45, 2.75) is 166 Å².